The second kappa shape index (κ2) is 7.04. The number of hydrogen-bond donors (Lipinski definition) is 0. The summed E-state index contributed by atoms with van der Waals surface area (Å²) in [6.07, 6.45) is 1.84. The summed E-state index contributed by atoms with van der Waals surface area (Å²) in [6.45, 7) is 0.867. The summed E-state index contributed by atoms with van der Waals surface area (Å²) in [6, 6.07) is 18.4. The Morgan fingerprint density at radius 2 is 1.75 bits per heavy atom. The number of anilines is 1. The second-order valence-electron chi connectivity index (χ2n) is 5.76. The van der Waals surface area contributed by atoms with Gasteiger partial charge in [0.2, 0.25) is 0 Å². The van der Waals surface area contributed by atoms with Crippen LogP contribution in [0.2, 0.25) is 0 Å². The molecule has 0 spiro atoms. The first-order valence-electron chi connectivity index (χ1n) is 7.78. The number of azo groups is 1. The molecule has 122 valence electrons. The molecular weight excluding hydrogens is 300 g/mol. The van der Waals surface area contributed by atoms with Crippen LogP contribution >= 0.6 is 0 Å². The summed E-state index contributed by atoms with van der Waals surface area (Å²) in [5.41, 5.74) is 3.23. The molecule has 0 aliphatic carbocycles. The molecular formula is C18H21N6+. The van der Waals surface area contributed by atoms with Crippen LogP contribution in [0, 0.1) is 0 Å². The van der Waals surface area contributed by atoms with Gasteiger partial charge in [0, 0.05) is 29.5 Å². The van der Waals surface area contributed by atoms with E-state index < -0.39 is 0 Å². The molecule has 0 radical (unpaired) electrons. The third kappa shape index (κ3) is 3.84. The highest BCUT2D eigenvalue weighted by Gasteiger charge is 2.10. The second-order valence-corrected chi connectivity index (χ2v) is 5.76. The van der Waals surface area contributed by atoms with Crippen molar-refractivity contribution in [2.45, 2.75) is 6.54 Å². The maximum Gasteiger partial charge on any atom is 0.435 e. The fraction of sp³-hybridized carbons (Fsp3) is 0.222. The van der Waals surface area contributed by atoms with Crippen molar-refractivity contribution in [3.63, 3.8) is 0 Å². The number of nitrogens with zero attached hydrogens (tertiary/aromatic N) is 6. The monoisotopic (exact) mass is 321 g/mol. The Bertz CT molecular complexity index is 820. The van der Waals surface area contributed by atoms with Gasteiger partial charge >= 0.3 is 5.95 Å². The van der Waals surface area contributed by atoms with Gasteiger partial charge in [0.1, 0.15) is 0 Å². The van der Waals surface area contributed by atoms with Gasteiger partial charge in [0.25, 0.3) is 0 Å². The molecule has 6 heteroatoms. The highest BCUT2D eigenvalue weighted by Crippen LogP contribution is 2.21. The van der Waals surface area contributed by atoms with E-state index >= 15 is 0 Å². The van der Waals surface area contributed by atoms with Gasteiger partial charge in [-0.05, 0) is 29.8 Å². The van der Waals surface area contributed by atoms with Gasteiger partial charge in [0.15, 0.2) is 6.33 Å². The van der Waals surface area contributed by atoms with Crippen molar-refractivity contribution >= 4 is 17.3 Å². The third-order valence-corrected chi connectivity index (χ3v) is 3.71. The summed E-state index contributed by atoms with van der Waals surface area (Å²) < 4.78 is 3.53. The summed E-state index contributed by atoms with van der Waals surface area (Å²) in [7, 11) is 5.83. The number of hydrogen-bond acceptors (Lipinski definition) is 4. The number of rotatable bonds is 5. The van der Waals surface area contributed by atoms with Crippen LogP contribution in [-0.2, 0) is 20.6 Å². The lowest BCUT2D eigenvalue weighted by molar-refractivity contribution is -0.659. The quantitative estimate of drug-likeness (QED) is 0.535. The Hall–Kier alpha value is -3.02. The predicted molar refractivity (Wildman–Crippen MR) is 93.6 cm³/mol. The average Bonchev–Trinajstić information content (AvgIpc) is 2.92. The molecule has 1 heterocycles. The summed E-state index contributed by atoms with van der Waals surface area (Å²) in [4.78, 5) is 2.20. The first-order valence-corrected chi connectivity index (χ1v) is 7.78. The predicted octanol–water partition coefficient (Wildman–Crippen LogP) is 3.30. The van der Waals surface area contributed by atoms with E-state index in [1.54, 1.807) is 4.68 Å². The van der Waals surface area contributed by atoms with Crippen molar-refractivity contribution in [2.75, 3.05) is 11.9 Å². The Kier molecular flexibility index (Phi) is 4.65. The molecule has 0 unspecified atom stereocenters. The van der Waals surface area contributed by atoms with Crippen molar-refractivity contribution in [2.24, 2.45) is 24.3 Å². The molecule has 0 amide bonds. The normalized spacial score (nSPS) is 11.1. The van der Waals surface area contributed by atoms with Crippen molar-refractivity contribution in [1.29, 1.82) is 0 Å². The molecule has 0 atom stereocenters. The number of benzene rings is 2. The van der Waals surface area contributed by atoms with Crippen LogP contribution in [0.1, 0.15) is 5.56 Å². The van der Waals surface area contributed by atoms with Crippen LogP contribution in [0.5, 0.6) is 0 Å². The smallest absolute Gasteiger partial charge is 0.370 e. The van der Waals surface area contributed by atoms with Crippen LogP contribution in [0.4, 0.5) is 17.3 Å². The van der Waals surface area contributed by atoms with Crippen LogP contribution in [0.25, 0.3) is 0 Å². The first-order chi connectivity index (χ1) is 11.6. The van der Waals surface area contributed by atoms with Crippen LogP contribution in [0.15, 0.2) is 71.2 Å². The zero-order valence-corrected chi connectivity index (χ0v) is 14.2. The topological polar surface area (TPSA) is 49.7 Å². The first kappa shape index (κ1) is 15.9. The fourth-order valence-corrected chi connectivity index (χ4v) is 2.46. The molecule has 6 nitrogen and oxygen atoms in total. The SMILES string of the molecule is CN(Cc1ccccc1)c1ccc(N=Nc2nn(C)c[n+]2C)cc1. The standard InChI is InChI=1S/C18H21N6/c1-22(13-15-7-5-4-6-8-15)17-11-9-16(10-12-17)19-20-18-21-24(3)14-23(18)2/h4-12,14H,13H2,1-3H3/q+1. The largest absolute Gasteiger partial charge is 0.435 e. The summed E-state index contributed by atoms with van der Waals surface area (Å²) >= 11 is 0. The lowest BCUT2D eigenvalue weighted by Gasteiger charge is -2.19. The fourth-order valence-electron chi connectivity index (χ4n) is 2.46. The molecule has 0 bridgehead atoms. The minimum absolute atomic E-state index is 0.572. The Balaban J connectivity index is 1.67. The van der Waals surface area contributed by atoms with E-state index in [4.69, 9.17) is 0 Å². The number of aromatic nitrogens is 3. The van der Waals surface area contributed by atoms with Crippen LogP contribution in [0.3, 0.4) is 0 Å². The third-order valence-electron chi connectivity index (χ3n) is 3.71. The van der Waals surface area contributed by atoms with E-state index in [9.17, 15) is 0 Å². The van der Waals surface area contributed by atoms with Crippen LogP contribution in [-0.4, -0.2) is 16.8 Å². The van der Waals surface area contributed by atoms with Crippen molar-refractivity contribution in [1.82, 2.24) is 9.78 Å². The molecule has 0 aliphatic rings. The van der Waals surface area contributed by atoms with Gasteiger partial charge in [-0.1, -0.05) is 35.4 Å². The van der Waals surface area contributed by atoms with Gasteiger partial charge in [0.05, 0.1) is 19.8 Å². The highest BCUT2D eigenvalue weighted by molar-refractivity contribution is 5.52. The van der Waals surface area contributed by atoms with Gasteiger partial charge in [-0.2, -0.15) is 0 Å². The molecule has 3 aromatic rings. The molecule has 0 N–H and O–H groups in total. The van der Waals surface area contributed by atoms with Crippen molar-refractivity contribution in [3.05, 3.63) is 66.5 Å². The van der Waals surface area contributed by atoms with Gasteiger partial charge in [-0.15, -0.1) is 4.68 Å². The van der Waals surface area contributed by atoms with Crippen molar-refractivity contribution < 1.29 is 4.57 Å². The summed E-state index contributed by atoms with van der Waals surface area (Å²) in [5.74, 6) is 0.572. The van der Waals surface area contributed by atoms with Crippen molar-refractivity contribution in [3.8, 4) is 0 Å². The van der Waals surface area contributed by atoms with E-state index in [0.717, 1.165) is 17.9 Å². The van der Waals surface area contributed by atoms with Gasteiger partial charge < -0.3 is 4.90 Å². The summed E-state index contributed by atoms with van der Waals surface area (Å²) in [5, 5.41) is 12.7. The molecule has 2 aromatic carbocycles. The van der Waals surface area contributed by atoms with Crippen LogP contribution < -0.4 is 9.47 Å². The Morgan fingerprint density at radius 3 is 2.38 bits per heavy atom. The molecule has 0 saturated heterocycles. The lowest BCUT2D eigenvalue weighted by atomic mass is 10.2. The zero-order chi connectivity index (χ0) is 16.9. The van der Waals surface area contributed by atoms with Gasteiger partial charge in [-0.3, -0.25) is 0 Å². The molecule has 0 aliphatic heterocycles. The minimum atomic E-state index is 0.572. The molecule has 24 heavy (non-hydrogen) atoms. The molecule has 0 saturated carbocycles. The van der Waals surface area contributed by atoms with E-state index in [1.807, 2.05) is 43.2 Å². The van der Waals surface area contributed by atoms with E-state index in [1.165, 1.54) is 5.56 Å². The lowest BCUT2D eigenvalue weighted by Crippen LogP contribution is -2.24. The van der Waals surface area contributed by atoms with Gasteiger partial charge in [-0.25, -0.2) is 4.57 Å². The average molecular weight is 321 g/mol. The Labute approximate surface area is 141 Å². The zero-order valence-electron chi connectivity index (χ0n) is 14.2. The maximum atomic E-state index is 4.24. The Morgan fingerprint density at radius 1 is 1.04 bits per heavy atom. The maximum absolute atomic E-state index is 4.24. The number of aryl methyl sites for hydroxylation is 2. The van der Waals surface area contributed by atoms with E-state index in [0.29, 0.717) is 5.95 Å². The van der Waals surface area contributed by atoms with E-state index in [2.05, 4.69) is 63.7 Å². The molecule has 1 aromatic heterocycles. The molecule has 3 rings (SSSR count). The minimum Gasteiger partial charge on any atom is -0.370 e. The van der Waals surface area contributed by atoms with E-state index in [-0.39, 0.29) is 0 Å². The highest BCUT2D eigenvalue weighted by atomic mass is 15.4. The molecule has 0 fully saturated rings.